The molecule has 0 heterocycles. The molecule has 0 aromatic carbocycles. The van der Waals surface area contributed by atoms with Crippen LogP contribution >= 0.6 is 0 Å². The van der Waals surface area contributed by atoms with Crippen molar-refractivity contribution in [3.05, 3.63) is 0 Å². The van der Waals surface area contributed by atoms with Crippen molar-refractivity contribution in [2.75, 3.05) is 13.2 Å². The van der Waals surface area contributed by atoms with Crippen molar-refractivity contribution in [1.29, 1.82) is 0 Å². The van der Waals surface area contributed by atoms with Gasteiger partial charge in [-0.25, -0.2) is 0 Å². The van der Waals surface area contributed by atoms with Gasteiger partial charge in [0.1, 0.15) is 0 Å². The molecule has 140 valence electrons. The van der Waals surface area contributed by atoms with Crippen LogP contribution in [-0.2, 0) is 7.56 Å². The summed E-state index contributed by atoms with van der Waals surface area (Å²) in [6, 6.07) is 0. The summed E-state index contributed by atoms with van der Waals surface area (Å²) in [7, 11) is 0. The molecule has 0 aliphatic rings. The molecular formula is C18H42O3Sn2. The first-order valence-electron chi connectivity index (χ1n) is 9.81. The molecule has 0 aromatic heterocycles. The second-order valence-electron chi connectivity index (χ2n) is 7.43. The Hall–Kier alpha value is 1.48. The molecule has 0 saturated heterocycles. The van der Waals surface area contributed by atoms with Gasteiger partial charge in [0.15, 0.2) is 0 Å². The molecule has 0 aromatic rings. The van der Waals surface area contributed by atoms with Crippen LogP contribution in [0.2, 0.25) is 19.8 Å². The van der Waals surface area contributed by atoms with Crippen LogP contribution in [0.3, 0.4) is 0 Å². The van der Waals surface area contributed by atoms with Crippen LogP contribution in [-0.4, -0.2) is 51.6 Å². The predicted octanol–water partition coefficient (Wildman–Crippen LogP) is 6.38. The fourth-order valence-electron chi connectivity index (χ4n) is 2.70. The second-order valence-corrected chi connectivity index (χ2v) is 29.5. The summed E-state index contributed by atoms with van der Waals surface area (Å²) in [5.74, 6) is 0. The Kier molecular flexibility index (Phi) is 15.6. The molecule has 0 amide bonds. The molecule has 0 unspecified atom stereocenters. The standard InChI is InChI=1S/2C7H15O.4CH3.O.2Sn/c2*1-2-3-4-5-6-7-8;;;;;;;/h2*2-7H2,1H3;4*1H3;;;/q2*-1;;;;;;2*+1. The molecule has 0 N–H and O–H groups in total. The Morgan fingerprint density at radius 1 is 0.522 bits per heavy atom. The molecule has 0 aliphatic heterocycles. The Bertz CT molecular complexity index is 245. The molecule has 0 radical (unpaired) electrons. The van der Waals surface area contributed by atoms with Crippen LogP contribution < -0.4 is 0 Å². The van der Waals surface area contributed by atoms with E-state index < -0.39 is 38.4 Å². The maximum absolute atomic E-state index is 6.46. The first-order chi connectivity index (χ1) is 10.8. The summed E-state index contributed by atoms with van der Waals surface area (Å²) in [5.41, 5.74) is 0. The SMILES string of the molecule is CCCCCCC[O][Sn]([CH3])([CH3])[O][Sn]([CH3])([CH3])[O]CCCCCCC. The summed E-state index contributed by atoms with van der Waals surface area (Å²) < 4.78 is 18.8. The Balaban J connectivity index is 3.82. The third kappa shape index (κ3) is 16.7. The third-order valence-corrected chi connectivity index (χ3v) is 30.6. The van der Waals surface area contributed by atoms with E-state index in [1.165, 1.54) is 64.2 Å². The second kappa shape index (κ2) is 14.6. The van der Waals surface area contributed by atoms with Crippen molar-refractivity contribution in [2.45, 2.75) is 97.8 Å². The van der Waals surface area contributed by atoms with E-state index in [2.05, 4.69) is 33.6 Å². The molecule has 23 heavy (non-hydrogen) atoms. The van der Waals surface area contributed by atoms with Gasteiger partial charge in [0.2, 0.25) is 0 Å². The van der Waals surface area contributed by atoms with Crippen LogP contribution in [0, 0.1) is 0 Å². The third-order valence-electron chi connectivity index (χ3n) is 3.89. The molecule has 5 heteroatoms. The normalized spacial score (nSPS) is 12.8. The molecule has 0 saturated carbocycles. The van der Waals surface area contributed by atoms with Gasteiger partial charge in [-0.2, -0.15) is 0 Å². The van der Waals surface area contributed by atoms with E-state index >= 15 is 0 Å². The summed E-state index contributed by atoms with van der Waals surface area (Å²) >= 11 is -5.59. The van der Waals surface area contributed by atoms with E-state index in [-0.39, 0.29) is 0 Å². The van der Waals surface area contributed by atoms with Gasteiger partial charge in [0.25, 0.3) is 0 Å². The van der Waals surface area contributed by atoms with E-state index in [4.69, 9.17) is 7.56 Å². The van der Waals surface area contributed by atoms with Gasteiger partial charge in [0.05, 0.1) is 0 Å². The summed E-state index contributed by atoms with van der Waals surface area (Å²) in [5, 5.41) is 0. The first-order valence-corrected chi connectivity index (χ1v) is 25.9. The summed E-state index contributed by atoms with van der Waals surface area (Å²) in [4.78, 5) is 8.96. The van der Waals surface area contributed by atoms with Crippen LogP contribution in [0.4, 0.5) is 0 Å². The van der Waals surface area contributed by atoms with Crippen LogP contribution in [0.15, 0.2) is 0 Å². The number of hydrogen-bond donors (Lipinski definition) is 0. The molecule has 0 bridgehead atoms. The number of unbranched alkanes of at least 4 members (excludes halogenated alkanes) is 8. The Morgan fingerprint density at radius 2 is 0.870 bits per heavy atom. The predicted molar refractivity (Wildman–Crippen MR) is 105 cm³/mol. The van der Waals surface area contributed by atoms with Gasteiger partial charge < -0.3 is 0 Å². The average molecular weight is 544 g/mol. The molecule has 0 atom stereocenters. The van der Waals surface area contributed by atoms with Crippen molar-refractivity contribution in [2.24, 2.45) is 0 Å². The fraction of sp³-hybridized carbons (Fsp3) is 1.00. The zero-order valence-corrected chi connectivity index (χ0v) is 22.4. The van der Waals surface area contributed by atoms with Gasteiger partial charge in [-0.05, 0) is 0 Å². The minimum absolute atomic E-state index is 0.881. The molecule has 0 rings (SSSR count). The quantitative estimate of drug-likeness (QED) is 0.167. The zero-order valence-electron chi connectivity index (χ0n) is 16.7. The van der Waals surface area contributed by atoms with Crippen molar-refractivity contribution in [1.82, 2.24) is 0 Å². The Labute approximate surface area is 156 Å². The van der Waals surface area contributed by atoms with E-state index in [9.17, 15) is 0 Å². The molecule has 3 nitrogen and oxygen atoms in total. The van der Waals surface area contributed by atoms with Crippen molar-refractivity contribution in [3.8, 4) is 0 Å². The fourth-order valence-corrected chi connectivity index (χ4v) is 35.0. The zero-order chi connectivity index (χ0) is 17.6. The molecule has 0 spiro atoms. The van der Waals surface area contributed by atoms with E-state index in [1.54, 1.807) is 0 Å². The van der Waals surface area contributed by atoms with Crippen molar-refractivity contribution >= 4 is 38.4 Å². The van der Waals surface area contributed by atoms with E-state index in [0.29, 0.717) is 0 Å². The van der Waals surface area contributed by atoms with Crippen LogP contribution in [0.5, 0.6) is 0 Å². The van der Waals surface area contributed by atoms with Gasteiger partial charge in [-0.1, -0.05) is 0 Å². The van der Waals surface area contributed by atoms with Crippen LogP contribution in [0.1, 0.15) is 78.1 Å². The average Bonchev–Trinajstić information content (AvgIpc) is 2.45. The van der Waals surface area contributed by atoms with E-state index in [0.717, 1.165) is 13.2 Å². The number of rotatable bonds is 16. The minimum atomic E-state index is -2.79. The summed E-state index contributed by atoms with van der Waals surface area (Å²) in [6.45, 7) is 6.27. The van der Waals surface area contributed by atoms with Gasteiger partial charge in [-0.3, -0.25) is 0 Å². The van der Waals surface area contributed by atoms with Gasteiger partial charge >= 0.3 is 157 Å². The maximum atomic E-state index is 6.46. The van der Waals surface area contributed by atoms with Gasteiger partial charge in [-0.15, -0.1) is 0 Å². The molecular weight excluding hydrogens is 502 g/mol. The van der Waals surface area contributed by atoms with E-state index in [1.807, 2.05) is 0 Å². The Morgan fingerprint density at radius 3 is 1.22 bits per heavy atom. The van der Waals surface area contributed by atoms with Gasteiger partial charge in [0, 0.05) is 0 Å². The molecule has 0 aliphatic carbocycles. The van der Waals surface area contributed by atoms with Crippen molar-refractivity contribution < 1.29 is 7.56 Å². The topological polar surface area (TPSA) is 27.7 Å². The first kappa shape index (κ1) is 24.5. The molecule has 0 fully saturated rings. The number of hydrogen-bond acceptors (Lipinski definition) is 3. The van der Waals surface area contributed by atoms with Crippen molar-refractivity contribution in [3.63, 3.8) is 0 Å². The summed E-state index contributed by atoms with van der Waals surface area (Å²) in [6.07, 6.45) is 12.9. The monoisotopic (exact) mass is 546 g/mol. The van der Waals surface area contributed by atoms with Crippen LogP contribution in [0.25, 0.3) is 0 Å².